The number of likely N-dealkylation sites (tertiary alicyclic amines) is 1. The minimum absolute atomic E-state index is 0.0278. The third-order valence-electron chi connectivity index (χ3n) is 5.90. The Bertz CT molecular complexity index is 772. The fraction of sp³-hybridized carbons (Fsp3) is 0.632. The van der Waals surface area contributed by atoms with Gasteiger partial charge in [0.05, 0.1) is 16.6 Å². The number of carbonyl (C=O) groups excluding carboxylic acids is 1. The Labute approximate surface area is 153 Å². The first-order chi connectivity index (χ1) is 12.1. The molecule has 2 heterocycles. The number of fused-ring (bicyclic) bond motifs is 2. The summed E-state index contributed by atoms with van der Waals surface area (Å²) in [5, 5.41) is 9.03. The minimum Gasteiger partial charge on any atom is -0.339 e. The Morgan fingerprint density at radius 2 is 2.08 bits per heavy atom. The van der Waals surface area contributed by atoms with Crippen molar-refractivity contribution in [2.24, 2.45) is 5.92 Å². The van der Waals surface area contributed by atoms with E-state index in [1.165, 1.54) is 32.1 Å². The van der Waals surface area contributed by atoms with E-state index >= 15 is 0 Å². The van der Waals surface area contributed by atoms with E-state index in [1.54, 1.807) is 0 Å². The van der Waals surface area contributed by atoms with Crippen LogP contribution in [-0.2, 0) is 4.79 Å². The molecular weight excluding hydrogens is 336 g/mol. The molecule has 25 heavy (non-hydrogen) atoms. The number of piperidine rings is 1. The van der Waals surface area contributed by atoms with Gasteiger partial charge in [-0.25, -0.2) is 4.68 Å². The van der Waals surface area contributed by atoms with Gasteiger partial charge in [0.1, 0.15) is 5.52 Å². The first kappa shape index (κ1) is 16.8. The molecule has 0 spiro atoms. The van der Waals surface area contributed by atoms with Gasteiger partial charge in [0.25, 0.3) is 0 Å². The quantitative estimate of drug-likeness (QED) is 0.823. The molecule has 134 valence electrons. The van der Waals surface area contributed by atoms with Crippen LogP contribution in [0.1, 0.15) is 57.9 Å². The predicted octanol–water partition coefficient (Wildman–Crippen LogP) is 4.22. The zero-order chi connectivity index (χ0) is 17.4. The third-order valence-corrected chi connectivity index (χ3v) is 6.21. The van der Waals surface area contributed by atoms with Crippen LogP contribution in [0.2, 0.25) is 5.02 Å². The van der Waals surface area contributed by atoms with E-state index in [-0.39, 0.29) is 11.9 Å². The third kappa shape index (κ3) is 3.14. The van der Waals surface area contributed by atoms with Crippen LogP contribution >= 0.6 is 11.6 Å². The van der Waals surface area contributed by atoms with Crippen molar-refractivity contribution in [3.8, 4) is 0 Å². The van der Waals surface area contributed by atoms with Gasteiger partial charge >= 0.3 is 0 Å². The SMILES string of the molecule is CC(CC(=O)N1CCCC2CCCCC21)n1nnc2c(Cl)cccc21. The molecule has 3 unspecified atom stereocenters. The molecule has 3 atom stereocenters. The highest BCUT2D eigenvalue weighted by molar-refractivity contribution is 6.34. The van der Waals surface area contributed by atoms with Crippen molar-refractivity contribution in [1.82, 2.24) is 19.9 Å². The molecular formula is C19H25ClN4O. The average Bonchev–Trinajstić information content (AvgIpc) is 3.07. The van der Waals surface area contributed by atoms with E-state index in [0.717, 1.165) is 18.5 Å². The summed E-state index contributed by atoms with van der Waals surface area (Å²) in [5.74, 6) is 0.975. The van der Waals surface area contributed by atoms with Crippen LogP contribution in [0.15, 0.2) is 18.2 Å². The molecule has 6 heteroatoms. The van der Waals surface area contributed by atoms with E-state index in [4.69, 9.17) is 11.6 Å². The van der Waals surface area contributed by atoms with Crippen LogP contribution in [0.3, 0.4) is 0 Å². The van der Waals surface area contributed by atoms with Crippen molar-refractivity contribution in [3.63, 3.8) is 0 Å². The number of hydrogen-bond acceptors (Lipinski definition) is 3. The molecule has 0 radical (unpaired) electrons. The van der Waals surface area contributed by atoms with Crippen LogP contribution < -0.4 is 0 Å². The summed E-state index contributed by atoms with van der Waals surface area (Å²) in [6.45, 7) is 2.95. The van der Waals surface area contributed by atoms with E-state index in [9.17, 15) is 4.79 Å². The fourth-order valence-corrected chi connectivity index (χ4v) is 4.85. The molecule has 5 nitrogen and oxygen atoms in total. The standard InChI is InChI=1S/C19H25ClN4O/c1-13(24-17-10-4-8-15(20)19(17)21-22-24)12-18(25)23-11-5-7-14-6-2-3-9-16(14)23/h4,8,10,13-14,16H,2-3,5-7,9,11-12H2,1H3. The van der Waals surface area contributed by atoms with Crippen LogP contribution in [0, 0.1) is 5.92 Å². The van der Waals surface area contributed by atoms with Crippen LogP contribution in [-0.4, -0.2) is 38.4 Å². The number of aromatic nitrogens is 3. The normalized spacial score (nSPS) is 25.0. The van der Waals surface area contributed by atoms with Gasteiger partial charge in [-0.05, 0) is 50.7 Å². The maximum Gasteiger partial charge on any atom is 0.224 e. The van der Waals surface area contributed by atoms with Gasteiger partial charge in [-0.2, -0.15) is 0 Å². The van der Waals surface area contributed by atoms with Gasteiger partial charge in [0.15, 0.2) is 0 Å². The highest BCUT2D eigenvalue weighted by Crippen LogP contribution is 2.36. The summed E-state index contributed by atoms with van der Waals surface area (Å²) in [5.41, 5.74) is 1.59. The second-order valence-electron chi connectivity index (χ2n) is 7.54. The van der Waals surface area contributed by atoms with Gasteiger partial charge in [-0.1, -0.05) is 35.7 Å². The van der Waals surface area contributed by atoms with Gasteiger partial charge in [-0.3, -0.25) is 4.79 Å². The topological polar surface area (TPSA) is 51.0 Å². The lowest BCUT2D eigenvalue weighted by Gasteiger charge is -2.44. The number of halogens is 1. The van der Waals surface area contributed by atoms with Crippen molar-refractivity contribution in [2.75, 3.05) is 6.54 Å². The molecule has 1 aliphatic heterocycles. The highest BCUT2D eigenvalue weighted by Gasteiger charge is 2.36. The van der Waals surface area contributed by atoms with Crippen LogP contribution in [0.4, 0.5) is 0 Å². The van der Waals surface area contributed by atoms with Gasteiger partial charge < -0.3 is 4.90 Å². The van der Waals surface area contributed by atoms with Crippen LogP contribution in [0.25, 0.3) is 11.0 Å². The average molecular weight is 361 g/mol. The Kier molecular flexibility index (Phi) is 4.67. The Balaban J connectivity index is 1.50. The maximum absolute atomic E-state index is 13.0. The molecule has 1 aromatic carbocycles. The first-order valence-electron chi connectivity index (χ1n) is 9.44. The van der Waals surface area contributed by atoms with Gasteiger partial charge in [-0.15, -0.1) is 5.10 Å². The molecule has 4 rings (SSSR count). The maximum atomic E-state index is 13.0. The molecule has 1 amide bonds. The summed E-state index contributed by atoms with van der Waals surface area (Å²) in [6.07, 6.45) is 7.94. The zero-order valence-electron chi connectivity index (χ0n) is 14.7. The molecule has 1 aliphatic carbocycles. The van der Waals surface area contributed by atoms with Crippen molar-refractivity contribution in [1.29, 1.82) is 0 Å². The summed E-state index contributed by atoms with van der Waals surface area (Å²) >= 11 is 6.19. The highest BCUT2D eigenvalue weighted by atomic mass is 35.5. The van der Waals surface area contributed by atoms with Crippen molar-refractivity contribution in [2.45, 2.75) is 64.0 Å². The lowest BCUT2D eigenvalue weighted by molar-refractivity contribution is -0.138. The molecule has 2 aliphatic rings. The second-order valence-corrected chi connectivity index (χ2v) is 7.94. The van der Waals surface area contributed by atoms with E-state index in [1.807, 2.05) is 29.8 Å². The molecule has 0 bridgehead atoms. The molecule has 1 saturated heterocycles. The zero-order valence-corrected chi connectivity index (χ0v) is 15.5. The molecule has 1 aromatic heterocycles. The van der Waals surface area contributed by atoms with Gasteiger partial charge in [0, 0.05) is 19.0 Å². The molecule has 0 N–H and O–H groups in total. The minimum atomic E-state index is -0.0278. The largest absolute Gasteiger partial charge is 0.339 e. The number of hydrogen-bond donors (Lipinski definition) is 0. The number of benzene rings is 1. The lowest BCUT2D eigenvalue weighted by Crippen LogP contribution is -2.50. The lowest BCUT2D eigenvalue weighted by atomic mass is 9.78. The van der Waals surface area contributed by atoms with E-state index in [0.29, 0.717) is 28.9 Å². The number of rotatable bonds is 3. The molecule has 1 saturated carbocycles. The molecule has 2 aromatic rings. The Morgan fingerprint density at radius 3 is 2.96 bits per heavy atom. The smallest absolute Gasteiger partial charge is 0.224 e. The number of nitrogens with zero attached hydrogens (tertiary/aromatic N) is 4. The first-order valence-corrected chi connectivity index (χ1v) is 9.82. The van der Waals surface area contributed by atoms with Crippen molar-refractivity contribution in [3.05, 3.63) is 23.2 Å². The van der Waals surface area contributed by atoms with Crippen molar-refractivity contribution >= 4 is 28.5 Å². The van der Waals surface area contributed by atoms with E-state index < -0.39 is 0 Å². The molecule has 2 fully saturated rings. The van der Waals surface area contributed by atoms with Gasteiger partial charge in [0.2, 0.25) is 5.91 Å². The summed E-state index contributed by atoms with van der Waals surface area (Å²) in [6, 6.07) is 6.11. The second kappa shape index (κ2) is 6.94. The fourth-order valence-electron chi connectivity index (χ4n) is 4.65. The van der Waals surface area contributed by atoms with Crippen molar-refractivity contribution < 1.29 is 4.79 Å². The summed E-state index contributed by atoms with van der Waals surface area (Å²) in [7, 11) is 0. The number of carbonyl (C=O) groups is 1. The Morgan fingerprint density at radius 1 is 1.28 bits per heavy atom. The number of amides is 1. The monoisotopic (exact) mass is 360 g/mol. The van der Waals surface area contributed by atoms with E-state index in [2.05, 4.69) is 15.2 Å². The predicted molar refractivity (Wildman–Crippen MR) is 98.6 cm³/mol. The van der Waals surface area contributed by atoms with Crippen LogP contribution in [0.5, 0.6) is 0 Å². The summed E-state index contributed by atoms with van der Waals surface area (Å²) in [4.78, 5) is 15.2. The summed E-state index contributed by atoms with van der Waals surface area (Å²) < 4.78 is 1.83. The Hall–Kier alpha value is -1.62.